The molecule has 1 atom stereocenters. The Kier molecular flexibility index (Phi) is 7.24. The first kappa shape index (κ1) is 24.3. The Morgan fingerprint density at radius 1 is 1.11 bits per heavy atom. The summed E-state index contributed by atoms with van der Waals surface area (Å²) in [5, 5.41) is 4.18. The van der Waals surface area contributed by atoms with E-state index in [2.05, 4.69) is 20.8 Å². The monoisotopic (exact) mass is 510 g/mol. The maximum Gasteiger partial charge on any atom is 0.356 e. The second kappa shape index (κ2) is 10.7. The van der Waals surface area contributed by atoms with E-state index in [1.807, 2.05) is 6.07 Å². The Hall–Kier alpha value is -3.37. The van der Waals surface area contributed by atoms with Gasteiger partial charge in [0.05, 0.1) is 30.1 Å². The number of hydrogen-bond donors (Lipinski definition) is 2. The molecule has 1 aromatic carbocycles. The maximum absolute atomic E-state index is 13.7. The van der Waals surface area contributed by atoms with E-state index in [1.165, 1.54) is 24.5 Å². The number of hydrogen-bond acceptors (Lipinski definition) is 8. The molecule has 0 saturated heterocycles. The Bertz CT molecular complexity index is 1220. The van der Waals surface area contributed by atoms with Crippen molar-refractivity contribution in [1.29, 1.82) is 0 Å². The zero-order valence-electron chi connectivity index (χ0n) is 19.8. The van der Waals surface area contributed by atoms with Gasteiger partial charge in [-0.05, 0) is 61.6 Å². The summed E-state index contributed by atoms with van der Waals surface area (Å²) < 4.78 is 18.9. The highest BCUT2D eigenvalue weighted by Gasteiger charge is 2.48. The van der Waals surface area contributed by atoms with Crippen LogP contribution in [-0.4, -0.2) is 35.0 Å². The van der Waals surface area contributed by atoms with Crippen molar-refractivity contribution in [3.63, 3.8) is 0 Å². The van der Waals surface area contributed by atoms with Crippen LogP contribution in [0, 0.1) is 23.6 Å². The predicted octanol–water partition coefficient (Wildman–Crippen LogP) is 4.38. The lowest BCUT2D eigenvalue weighted by atomic mass is 9.89. The van der Waals surface area contributed by atoms with Gasteiger partial charge in [-0.15, -0.1) is 16.8 Å². The van der Waals surface area contributed by atoms with Gasteiger partial charge in [0, 0.05) is 12.0 Å². The van der Waals surface area contributed by atoms with Gasteiger partial charge in [0.2, 0.25) is 11.8 Å². The first-order valence-electron chi connectivity index (χ1n) is 12.0. The molecular weight excluding hydrogens is 483 g/mol. The van der Waals surface area contributed by atoms with Crippen molar-refractivity contribution in [3.8, 4) is 5.88 Å². The van der Waals surface area contributed by atoms with Gasteiger partial charge in [-0.2, -0.15) is 0 Å². The molecule has 0 unspecified atom stereocenters. The Balaban J connectivity index is 1.28. The molecule has 2 heterocycles. The van der Waals surface area contributed by atoms with Crippen LogP contribution in [0.4, 0.5) is 9.39 Å². The summed E-state index contributed by atoms with van der Waals surface area (Å²) in [7, 11) is 1.48. The molecule has 5 rings (SSSR count). The minimum Gasteiger partial charge on any atom is -0.481 e. The number of carbonyl (C=O) groups excluding carboxylic acids is 2. The third-order valence-corrected chi connectivity index (χ3v) is 7.43. The van der Waals surface area contributed by atoms with E-state index in [9.17, 15) is 14.0 Å². The van der Waals surface area contributed by atoms with Crippen molar-refractivity contribution in [2.75, 3.05) is 12.4 Å². The van der Waals surface area contributed by atoms with Gasteiger partial charge in [-0.1, -0.05) is 18.2 Å². The molecule has 2 aliphatic rings. The largest absolute Gasteiger partial charge is 0.481 e. The summed E-state index contributed by atoms with van der Waals surface area (Å²) in [6, 6.07) is 9.36. The van der Waals surface area contributed by atoms with Crippen molar-refractivity contribution in [1.82, 2.24) is 15.4 Å². The molecule has 10 heteroatoms. The van der Waals surface area contributed by atoms with E-state index >= 15 is 0 Å². The molecule has 36 heavy (non-hydrogen) atoms. The molecule has 2 saturated carbocycles. The molecule has 2 aliphatic carbocycles. The van der Waals surface area contributed by atoms with E-state index in [0.29, 0.717) is 45.3 Å². The minimum absolute atomic E-state index is 0.101. The lowest BCUT2D eigenvalue weighted by Gasteiger charge is -2.26. The highest BCUT2D eigenvalue weighted by molar-refractivity contribution is 7.15. The fourth-order valence-electron chi connectivity index (χ4n) is 4.54. The zero-order valence-corrected chi connectivity index (χ0v) is 20.6. The van der Waals surface area contributed by atoms with Gasteiger partial charge >= 0.3 is 5.97 Å². The number of aromatic nitrogens is 2. The van der Waals surface area contributed by atoms with Crippen LogP contribution >= 0.6 is 11.3 Å². The molecule has 2 N–H and O–H groups in total. The highest BCUT2D eigenvalue weighted by Crippen LogP contribution is 2.51. The number of hydroxylamine groups is 1. The van der Waals surface area contributed by atoms with Crippen LogP contribution in [0.2, 0.25) is 0 Å². The van der Waals surface area contributed by atoms with E-state index in [1.54, 1.807) is 30.5 Å². The minimum atomic E-state index is -0.671. The van der Waals surface area contributed by atoms with Gasteiger partial charge in [0.25, 0.3) is 0 Å². The summed E-state index contributed by atoms with van der Waals surface area (Å²) in [5.74, 6) is 0.0710. The first-order valence-corrected chi connectivity index (χ1v) is 12.8. The van der Waals surface area contributed by atoms with E-state index in [4.69, 9.17) is 9.57 Å². The van der Waals surface area contributed by atoms with E-state index < -0.39 is 17.8 Å². The van der Waals surface area contributed by atoms with E-state index in [-0.39, 0.29) is 11.8 Å². The molecule has 188 valence electrons. The van der Waals surface area contributed by atoms with Gasteiger partial charge in [0.15, 0.2) is 0 Å². The lowest BCUT2D eigenvalue weighted by Crippen LogP contribution is -2.48. The van der Waals surface area contributed by atoms with Crippen molar-refractivity contribution in [2.45, 2.75) is 38.1 Å². The molecule has 3 aromatic rings. The van der Waals surface area contributed by atoms with Crippen LogP contribution in [0.5, 0.6) is 5.88 Å². The number of halogens is 1. The average molecular weight is 511 g/mol. The molecule has 0 aliphatic heterocycles. The summed E-state index contributed by atoms with van der Waals surface area (Å²) in [6.45, 7) is 0. The van der Waals surface area contributed by atoms with Crippen molar-refractivity contribution in [3.05, 3.63) is 70.7 Å². The standard InChI is InChI=1S/C26H27FN4O4S/c1-34-25-18(11-19(27)13-29-25)12-20-28-14-21(36-20)30-24(32)23(22(15-7-8-15)16-9-10-16)31-35-26(33)17-5-3-2-4-6-17/h2-6,11,13-16,22-23,31H,7-10,12H2,1H3,(H,30,32)/t23-/m0/s1. The topological polar surface area (TPSA) is 102 Å². The highest BCUT2D eigenvalue weighted by atomic mass is 32.1. The molecule has 8 nitrogen and oxygen atoms in total. The molecule has 2 fully saturated rings. The van der Waals surface area contributed by atoms with Crippen LogP contribution in [0.3, 0.4) is 0 Å². The fraction of sp³-hybridized carbons (Fsp3) is 0.385. The fourth-order valence-corrected chi connectivity index (χ4v) is 5.38. The van der Waals surface area contributed by atoms with Crippen LogP contribution in [0.1, 0.15) is 46.6 Å². The molecule has 0 spiro atoms. The third-order valence-electron chi connectivity index (χ3n) is 6.52. The summed E-state index contributed by atoms with van der Waals surface area (Å²) >= 11 is 1.30. The summed E-state index contributed by atoms with van der Waals surface area (Å²) in [6.07, 6.45) is 7.30. The Morgan fingerprint density at radius 2 is 1.83 bits per heavy atom. The van der Waals surface area contributed by atoms with Crippen molar-refractivity contribution in [2.24, 2.45) is 17.8 Å². The van der Waals surface area contributed by atoms with Crippen LogP contribution in [-0.2, 0) is 16.1 Å². The molecule has 1 amide bonds. The number of amides is 1. The zero-order chi connectivity index (χ0) is 25.1. The quantitative estimate of drug-likeness (QED) is 0.369. The number of nitrogens with zero attached hydrogens (tertiary/aromatic N) is 2. The maximum atomic E-state index is 13.7. The predicted molar refractivity (Wildman–Crippen MR) is 132 cm³/mol. The summed E-state index contributed by atoms with van der Waals surface area (Å²) in [4.78, 5) is 39.6. The van der Waals surface area contributed by atoms with Crippen LogP contribution < -0.4 is 15.5 Å². The smallest absolute Gasteiger partial charge is 0.356 e. The van der Waals surface area contributed by atoms with Gasteiger partial charge < -0.3 is 14.9 Å². The van der Waals surface area contributed by atoms with Gasteiger partial charge in [0.1, 0.15) is 16.9 Å². The number of benzene rings is 1. The average Bonchev–Trinajstić information content (AvgIpc) is 3.82. The third kappa shape index (κ3) is 5.88. The number of thiazole rings is 1. The number of nitrogens with one attached hydrogen (secondary N) is 2. The van der Waals surface area contributed by atoms with Crippen LogP contribution in [0.25, 0.3) is 0 Å². The molecular formula is C26H27FN4O4S. The second-order valence-electron chi connectivity index (χ2n) is 9.21. The number of methoxy groups -OCH3 is 1. The van der Waals surface area contributed by atoms with Gasteiger partial charge in [-0.25, -0.2) is 19.2 Å². The number of ether oxygens (including phenoxy) is 1. The number of carbonyl (C=O) groups is 2. The number of anilines is 1. The van der Waals surface area contributed by atoms with E-state index in [0.717, 1.165) is 31.9 Å². The number of pyridine rings is 1. The Morgan fingerprint density at radius 3 is 2.50 bits per heavy atom. The van der Waals surface area contributed by atoms with Gasteiger partial charge in [-0.3, -0.25) is 4.79 Å². The molecule has 0 bridgehead atoms. The first-order chi connectivity index (χ1) is 17.5. The summed E-state index contributed by atoms with van der Waals surface area (Å²) in [5.41, 5.74) is 3.78. The molecule has 0 radical (unpaired) electrons. The van der Waals surface area contributed by atoms with Crippen molar-refractivity contribution < 1.29 is 23.6 Å². The normalized spacial score (nSPS) is 16.0. The Labute approximate surface area is 212 Å². The van der Waals surface area contributed by atoms with Crippen molar-refractivity contribution >= 4 is 28.2 Å². The second-order valence-corrected chi connectivity index (χ2v) is 10.3. The molecule has 2 aromatic heterocycles. The SMILES string of the molecule is COc1ncc(F)cc1Cc1ncc(NC(=O)[C@@H](NOC(=O)c2ccccc2)C(C2CC2)C2CC2)s1. The number of rotatable bonds is 11. The lowest BCUT2D eigenvalue weighted by molar-refractivity contribution is -0.123. The van der Waals surface area contributed by atoms with Crippen LogP contribution in [0.15, 0.2) is 48.8 Å².